The maximum absolute atomic E-state index is 12.1. The maximum atomic E-state index is 12.1. The average Bonchev–Trinajstić information content (AvgIpc) is 2.37. The summed E-state index contributed by atoms with van der Waals surface area (Å²) in [6.07, 6.45) is 3.35. The number of nitrogens with zero attached hydrogens (tertiary/aromatic N) is 1. The lowest BCUT2D eigenvalue weighted by molar-refractivity contribution is -0.131. The lowest BCUT2D eigenvalue weighted by Gasteiger charge is -2.29. The summed E-state index contributed by atoms with van der Waals surface area (Å²) in [5, 5.41) is -0.387. The van der Waals surface area contributed by atoms with Crippen LogP contribution in [0.4, 0.5) is 0 Å². The molecule has 100 valence electrons. The summed E-state index contributed by atoms with van der Waals surface area (Å²) in [7, 11) is -1.10. The molecule has 2 N–H and O–H groups in total. The maximum Gasteiger partial charge on any atom is 0.238 e. The Balaban J connectivity index is 2.47. The van der Waals surface area contributed by atoms with Gasteiger partial charge in [0.15, 0.2) is 0 Å². The minimum absolute atomic E-state index is 0.0484. The van der Waals surface area contributed by atoms with Crippen molar-refractivity contribution >= 4 is 16.7 Å². The number of hydrogen-bond donors (Lipinski definition) is 1. The van der Waals surface area contributed by atoms with Gasteiger partial charge in [0.05, 0.1) is 0 Å². The molecular formula is C12H24N2O2S. The van der Waals surface area contributed by atoms with E-state index < -0.39 is 10.8 Å². The summed E-state index contributed by atoms with van der Waals surface area (Å²) in [6.45, 7) is 5.92. The average molecular weight is 260 g/mol. The molecule has 1 heterocycles. The van der Waals surface area contributed by atoms with E-state index in [4.69, 9.17) is 5.73 Å². The Morgan fingerprint density at radius 3 is 2.41 bits per heavy atom. The van der Waals surface area contributed by atoms with Crippen molar-refractivity contribution in [1.29, 1.82) is 0 Å². The van der Waals surface area contributed by atoms with Gasteiger partial charge in [-0.15, -0.1) is 0 Å². The molecule has 0 aromatic heterocycles. The van der Waals surface area contributed by atoms with Crippen LogP contribution in [0.15, 0.2) is 0 Å². The lowest BCUT2D eigenvalue weighted by atomic mass is 10.1. The molecule has 1 fully saturated rings. The van der Waals surface area contributed by atoms with Crippen LogP contribution in [0.2, 0.25) is 0 Å². The van der Waals surface area contributed by atoms with Crippen molar-refractivity contribution in [2.75, 3.05) is 25.4 Å². The van der Waals surface area contributed by atoms with Crippen LogP contribution < -0.4 is 5.73 Å². The van der Waals surface area contributed by atoms with Crippen LogP contribution in [0.25, 0.3) is 0 Å². The van der Waals surface area contributed by atoms with Crippen molar-refractivity contribution in [3.05, 3.63) is 0 Å². The molecule has 0 radical (unpaired) electrons. The van der Waals surface area contributed by atoms with E-state index in [1.165, 1.54) is 6.42 Å². The van der Waals surface area contributed by atoms with Gasteiger partial charge in [0.2, 0.25) is 5.91 Å². The molecule has 5 heteroatoms. The van der Waals surface area contributed by atoms with Gasteiger partial charge in [0, 0.05) is 29.6 Å². The SMILES string of the molecule is CC(CN)CS(=O)C(C)C(=O)N1CCCCC1. The fraction of sp³-hybridized carbons (Fsp3) is 0.917. The van der Waals surface area contributed by atoms with Gasteiger partial charge in [-0.1, -0.05) is 6.92 Å². The first-order chi connectivity index (χ1) is 8.06. The molecule has 0 saturated carbocycles. The molecule has 0 bridgehead atoms. The molecular weight excluding hydrogens is 236 g/mol. The Kier molecular flexibility index (Phi) is 6.12. The molecule has 3 atom stereocenters. The monoisotopic (exact) mass is 260 g/mol. The highest BCUT2D eigenvalue weighted by Crippen LogP contribution is 2.13. The third kappa shape index (κ3) is 4.39. The van der Waals surface area contributed by atoms with Crippen molar-refractivity contribution in [3.8, 4) is 0 Å². The van der Waals surface area contributed by atoms with Gasteiger partial charge < -0.3 is 10.6 Å². The molecule has 17 heavy (non-hydrogen) atoms. The van der Waals surface area contributed by atoms with Crippen LogP contribution in [0.1, 0.15) is 33.1 Å². The topological polar surface area (TPSA) is 63.4 Å². The van der Waals surface area contributed by atoms with Gasteiger partial charge in [0.25, 0.3) is 0 Å². The molecule has 1 aliphatic heterocycles. The van der Waals surface area contributed by atoms with Crippen molar-refractivity contribution in [2.24, 2.45) is 11.7 Å². The van der Waals surface area contributed by atoms with Crippen molar-refractivity contribution in [3.63, 3.8) is 0 Å². The van der Waals surface area contributed by atoms with Crippen LogP contribution in [-0.4, -0.2) is 45.7 Å². The van der Waals surface area contributed by atoms with E-state index in [0.717, 1.165) is 25.9 Å². The number of carbonyl (C=O) groups is 1. The van der Waals surface area contributed by atoms with Gasteiger partial charge in [-0.25, -0.2) is 0 Å². The summed E-state index contributed by atoms with van der Waals surface area (Å²) in [4.78, 5) is 14.0. The first-order valence-corrected chi connectivity index (χ1v) is 7.80. The van der Waals surface area contributed by atoms with Gasteiger partial charge in [-0.05, 0) is 38.6 Å². The second-order valence-corrected chi connectivity index (χ2v) is 6.72. The predicted octanol–water partition coefficient (Wildman–Crippen LogP) is 0.731. The molecule has 1 aliphatic rings. The number of piperidine rings is 1. The molecule has 0 aromatic carbocycles. The Morgan fingerprint density at radius 2 is 1.88 bits per heavy atom. The smallest absolute Gasteiger partial charge is 0.238 e. The standard InChI is InChI=1S/C12H24N2O2S/c1-10(8-13)9-17(16)11(2)12(15)14-6-4-3-5-7-14/h10-11H,3-9,13H2,1-2H3. The Bertz CT molecular complexity index is 278. The van der Waals surface area contributed by atoms with E-state index in [0.29, 0.717) is 12.3 Å². The quantitative estimate of drug-likeness (QED) is 0.792. The number of hydrogen-bond acceptors (Lipinski definition) is 3. The molecule has 0 aliphatic carbocycles. The first kappa shape index (κ1) is 14.6. The third-order valence-corrected chi connectivity index (χ3v) is 5.15. The number of likely N-dealkylation sites (tertiary alicyclic amines) is 1. The number of carbonyl (C=O) groups excluding carboxylic acids is 1. The zero-order valence-corrected chi connectivity index (χ0v) is 11.7. The Hall–Kier alpha value is -0.420. The van der Waals surface area contributed by atoms with E-state index in [1.54, 1.807) is 6.92 Å². The number of rotatable bonds is 5. The number of nitrogens with two attached hydrogens (primary N) is 1. The molecule has 0 spiro atoms. The minimum Gasteiger partial charge on any atom is -0.342 e. The largest absolute Gasteiger partial charge is 0.342 e. The molecule has 1 amide bonds. The zero-order valence-electron chi connectivity index (χ0n) is 10.9. The summed E-state index contributed by atoms with van der Waals surface area (Å²) >= 11 is 0. The van der Waals surface area contributed by atoms with E-state index in [-0.39, 0.29) is 17.1 Å². The predicted molar refractivity (Wildman–Crippen MR) is 71.1 cm³/mol. The highest BCUT2D eigenvalue weighted by Gasteiger charge is 2.26. The molecule has 1 saturated heterocycles. The lowest BCUT2D eigenvalue weighted by Crippen LogP contribution is -2.43. The van der Waals surface area contributed by atoms with E-state index in [1.807, 2.05) is 11.8 Å². The second kappa shape index (κ2) is 7.11. The highest BCUT2D eigenvalue weighted by atomic mass is 32.2. The first-order valence-electron chi connectivity index (χ1n) is 6.42. The summed E-state index contributed by atoms with van der Waals surface area (Å²) in [5.41, 5.74) is 5.51. The van der Waals surface area contributed by atoms with Gasteiger partial charge in [-0.2, -0.15) is 0 Å². The van der Waals surface area contributed by atoms with E-state index in [9.17, 15) is 9.00 Å². The van der Waals surface area contributed by atoms with Gasteiger partial charge >= 0.3 is 0 Å². The molecule has 1 rings (SSSR count). The Morgan fingerprint density at radius 1 is 1.29 bits per heavy atom. The normalized spacial score (nSPS) is 21.9. The van der Waals surface area contributed by atoms with Gasteiger partial charge in [-0.3, -0.25) is 9.00 Å². The van der Waals surface area contributed by atoms with E-state index >= 15 is 0 Å². The van der Waals surface area contributed by atoms with Crippen LogP contribution in [-0.2, 0) is 15.6 Å². The Labute approximate surface area is 106 Å². The minimum atomic E-state index is -1.10. The van der Waals surface area contributed by atoms with Crippen molar-refractivity contribution < 1.29 is 9.00 Å². The van der Waals surface area contributed by atoms with Crippen LogP contribution in [0.3, 0.4) is 0 Å². The summed E-state index contributed by atoms with van der Waals surface area (Å²) < 4.78 is 12.0. The molecule has 3 unspecified atom stereocenters. The molecule has 4 nitrogen and oxygen atoms in total. The second-order valence-electron chi connectivity index (χ2n) is 4.92. The fourth-order valence-corrected chi connectivity index (χ4v) is 3.34. The van der Waals surface area contributed by atoms with Crippen molar-refractivity contribution in [2.45, 2.75) is 38.4 Å². The summed E-state index contributed by atoms with van der Waals surface area (Å²) in [6, 6.07) is 0. The van der Waals surface area contributed by atoms with Crippen LogP contribution in [0, 0.1) is 5.92 Å². The number of amides is 1. The van der Waals surface area contributed by atoms with Gasteiger partial charge in [0.1, 0.15) is 5.25 Å². The third-order valence-electron chi connectivity index (χ3n) is 3.26. The molecule has 0 aromatic rings. The summed E-state index contributed by atoms with van der Waals surface area (Å²) in [5.74, 6) is 0.789. The zero-order chi connectivity index (χ0) is 12.8. The van der Waals surface area contributed by atoms with Crippen LogP contribution in [0.5, 0.6) is 0 Å². The highest BCUT2D eigenvalue weighted by molar-refractivity contribution is 7.86. The van der Waals surface area contributed by atoms with Crippen LogP contribution >= 0.6 is 0 Å². The fourth-order valence-electron chi connectivity index (χ4n) is 1.98. The van der Waals surface area contributed by atoms with E-state index in [2.05, 4.69) is 0 Å². The van der Waals surface area contributed by atoms with Crippen molar-refractivity contribution in [1.82, 2.24) is 4.90 Å².